The van der Waals surface area contributed by atoms with Gasteiger partial charge in [0.25, 0.3) is 0 Å². The molecular formula is C16H16. The van der Waals surface area contributed by atoms with Crippen LogP contribution >= 0.6 is 0 Å². The molecule has 3 rings (SSSR count). The van der Waals surface area contributed by atoms with E-state index in [-0.39, 0.29) is 0 Å². The van der Waals surface area contributed by atoms with Crippen molar-refractivity contribution in [2.24, 2.45) is 5.92 Å². The Labute approximate surface area is 97.3 Å². The molecule has 16 heavy (non-hydrogen) atoms. The third-order valence-electron chi connectivity index (χ3n) is 2.46. The summed E-state index contributed by atoms with van der Waals surface area (Å²) >= 11 is 0. The molecule has 1 aliphatic carbocycles. The summed E-state index contributed by atoms with van der Waals surface area (Å²) in [5, 5.41) is 0. The molecule has 0 spiro atoms. The number of hydrogen-bond acceptors (Lipinski definition) is 0. The molecule has 0 atom stereocenters. The molecule has 2 aromatic rings. The summed E-state index contributed by atoms with van der Waals surface area (Å²) < 4.78 is 0. The zero-order chi connectivity index (χ0) is 11.2. The Kier molecular flexibility index (Phi) is 3.55. The van der Waals surface area contributed by atoms with Gasteiger partial charge in [-0.25, -0.2) is 0 Å². The molecule has 0 aliphatic heterocycles. The predicted molar refractivity (Wildman–Crippen MR) is 70.2 cm³/mol. The minimum absolute atomic E-state index is 0.833. The van der Waals surface area contributed by atoms with Crippen LogP contribution in [0.3, 0.4) is 0 Å². The number of benzene rings is 2. The first-order chi connectivity index (χ1) is 7.86. The van der Waals surface area contributed by atoms with E-state index < -0.39 is 0 Å². The first kappa shape index (κ1) is 10.7. The average Bonchev–Trinajstić information content (AvgIpc) is 3.15. The van der Waals surface area contributed by atoms with Crippen LogP contribution in [0.2, 0.25) is 0 Å². The number of allylic oxidation sites excluding steroid dienone is 2. The van der Waals surface area contributed by atoms with Gasteiger partial charge in [0, 0.05) is 0 Å². The van der Waals surface area contributed by atoms with Gasteiger partial charge in [0.05, 0.1) is 0 Å². The van der Waals surface area contributed by atoms with Crippen LogP contribution in [0.25, 0.3) is 11.1 Å². The summed E-state index contributed by atoms with van der Waals surface area (Å²) in [6, 6.07) is 20.8. The van der Waals surface area contributed by atoms with Crippen molar-refractivity contribution in [2.45, 2.75) is 6.92 Å². The Morgan fingerprint density at radius 3 is 1.19 bits per heavy atom. The molecule has 0 saturated heterocycles. The van der Waals surface area contributed by atoms with Gasteiger partial charge in [-0.1, -0.05) is 79.7 Å². The predicted octanol–water partition coefficient (Wildman–Crippen LogP) is 4.55. The van der Waals surface area contributed by atoms with E-state index in [1.54, 1.807) is 0 Å². The lowest BCUT2D eigenvalue weighted by Crippen LogP contribution is -1.73. The average molecular weight is 208 g/mol. The first-order valence-electron chi connectivity index (χ1n) is 5.65. The molecule has 0 saturated carbocycles. The fourth-order valence-electron chi connectivity index (χ4n) is 1.37. The molecule has 0 aromatic heterocycles. The molecule has 0 unspecified atom stereocenters. The number of rotatable bonds is 1. The van der Waals surface area contributed by atoms with E-state index in [1.807, 2.05) is 12.1 Å². The molecule has 80 valence electrons. The summed E-state index contributed by atoms with van der Waals surface area (Å²) in [7, 11) is 0. The minimum atomic E-state index is 0.833. The monoisotopic (exact) mass is 208 g/mol. The van der Waals surface area contributed by atoms with E-state index >= 15 is 0 Å². The highest BCUT2D eigenvalue weighted by Gasteiger charge is 1.97. The highest BCUT2D eigenvalue weighted by molar-refractivity contribution is 5.62. The molecule has 0 heteroatoms. The van der Waals surface area contributed by atoms with Crippen LogP contribution in [0.5, 0.6) is 0 Å². The Morgan fingerprint density at radius 2 is 0.938 bits per heavy atom. The van der Waals surface area contributed by atoms with Crippen LogP contribution in [0, 0.1) is 5.92 Å². The quantitative estimate of drug-likeness (QED) is 0.603. The molecule has 2 aromatic carbocycles. The molecule has 0 amide bonds. The lowest BCUT2D eigenvalue weighted by Gasteiger charge is -1.98. The van der Waals surface area contributed by atoms with Gasteiger partial charge in [-0.05, 0) is 17.0 Å². The fraction of sp³-hybridized carbons (Fsp3) is 0.125. The van der Waals surface area contributed by atoms with Crippen LogP contribution in [-0.4, -0.2) is 0 Å². The van der Waals surface area contributed by atoms with Crippen LogP contribution in [-0.2, 0) is 0 Å². The van der Waals surface area contributed by atoms with Crippen molar-refractivity contribution >= 4 is 0 Å². The zero-order valence-corrected chi connectivity index (χ0v) is 9.51. The van der Waals surface area contributed by atoms with E-state index in [0.29, 0.717) is 0 Å². The Bertz CT molecular complexity index is 396. The summed E-state index contributed by atoms with van der Waals surface area (Å²) in [4.78, 5) is 0. The zero-order valence-electron chi connectivity index (χ0n) is 9.51. The van der Waals surface area contributed by atoms with E-state index in [9.17, 15) is 0 Å². The van der Waals surface area contributed by atoms with E-state index in [2.05, 4.69) is 67.6 Å². The van der Waals surface area contributed by atoms with Crippen molar-refractivity contribution in [1.29, 1.82) is 0 Å². The maximum atomic E-state index is 2.17. The third kappa shape index (κ3) is 3.39. The van der Waals surface area contributed by atoms with Crippen molar-refractivity contribution < 1.29 is 0 Å². The van der Waals surface area contributed by atoms with Gasteiger partial charge in [-0.3, -0.25) is 0 Å². The molecule has 0 nitrogen and oxygen atoms in total. The fourth-order valence-corrected chi connectivity index (χ4v) is 1.37. The molecule has 0 heterocycles. The Hall–Kier alpha value is -1.82. The molecule has 0 N–H and O–H groups in total. The molecule has 0 bridgehead atoms. The topological polar surface area (TPSA) is 0 Å². The number of hydrogen-bond donors (Lipinski definition) is 0. The van der Waals surface area contributed by atoms with Gasteiger partial charge in [0.2, 0.25) is 0 Å². The Balaban J connectivity index is 0.000000203. The third-order valence-corrected chi connectivity index (χ3v) is 2.46. The summed E-state index contributed by atoms with van der Waals surface area (Å²) in [6.07, 6.45) is 4.33. The van der Waals surface area contributed by atoms with Gasteiger partial charge in [-0.2, -0.15) is 0 Å². The van der Waals surface area contributed by atoms with Crippen molar-refractivity contribution in [3.8, 4) is 11.1 Å². The summed E-state index contributed by atoms with van der Waals surface area (Å²) in [5.74, 6) is 0.833. The van der Waals surface area contributed by atoms with Crippen LogP contribution in [0.4, 0.5) is 0 Å². The molecular weight excluding hydrogens is 192 g/mol. The highest BCUT2D eigenvalue weighted by Crippen LogP contribution is 2.17. The van der Waals surface area contributed by atoms with E-state index in [1.165, 1.54) is 11.1 Å². The van der Waals surface area contributed by atoms with Gasteiger partial charge < -0.3 is 0 Å². The molecule has 0 fully saturated rings. The second-order valence-corrected chi connectivity index (χ2v) is 3.98. The summed E-state index contributed by atoms with van der Waals surface area (Å²) in [5.41, 5.74) is 2.55. The van der Waals surface area contributed by atoms with E-state index in [4.69, 9.17) is 0 Å². The van der Waals surface area contributed by atoms with Crippen molar-refractivity contribution in [2.75, 3.05) is 0 Å². The largest absolute Gasteiger partial charge is 0.0813 e. The van der Waals surface area contributed by atoms with Crippen molar-refractivity contribution in [3.05, 3.63) is 72.8 Å². The van der Waals surface area contributed by atoms with Crippen molar-refractivity contribution in [1.82, 2.24) is 0 Å². The van der Waals surface area contributed by atoms with E-state index in [0.717, 1.165) is 5.92 Å². The SMILES string of the molecule is CC1C=C1.c1ccc(-c2ccccc2)cc1. The van der Waals surface area contributed by atoms with Crippen molar-refractivity contribution in [3.63, 3.8) is 0 Å². The van der Waals surface area contributed by atoms with Gasteiger partial charge in [0.1, 0.15) is 0 Å². The standard InChI is InChI=1S/C12H10.C4H6/c1-3-7-11(8-4-1)12-9-5-2-6-10-12;1-4-2-3-4/h1-10H;2-4H,1H3. The molecule has 0 radical (unpaired) electrons. The first-order valence-corrected chi connectivity index (χ1v) is 5.65. The van der Waals surface area contributed by atoms with Gasteiger partial charge in [0.15, 0.2) is 0 Å². The molecule has 1 aliphatic rings. The van der Waals surface area contributed by atoms with Crippen LogP contribution in [0.1, 0.15) is 6.92 Å². The normalized spacial score (nSPS) is 12.8. The lowest BCUT2D eigenvalue weighted by molar-refractivity contribution is 1.09. The highest BCUT2D eigenvalue weighted by atomic mass is 14.0. The smallest absolute Gasteiger partial charge is 0.00815 e. The second kappa shape index (κ2) is 5.32. The maximum Gasteiger partial charge on any atom is -0.00815 e. The van der Waals surface area contributed by atoms with Gasteiger partial charge >= 0.3 is 0 Å². The minimum Gasteiger partial charge on any atom is -0.0813 e. The van der Waals surface area contributed by atoms with Gasteiger partial charge in [-0.15, -0.1) is 0 Å². The Morgan fingerprint density at radius 1 is 0.625 bits per heavy atom. The second-order valence-electron chi connectivity index (χ2n) is 3.98. The maximum absolute atomic E-state index is 2.17. The van der Waals surface area contributed by atoms with Crippen LogP contribution < -0.4 is 0 Å². The lowest BCUT2D eigenvalue weighted by atomic mass is 10.1. The van der Waals surface area contributed by atoms with Crippen LogP contribution in [0.15, 0.2) is 72.8 Å². The summed E-state index contributed by atoms with van der Waals surface area (Å²) in [6.45, 7) is 2.17.